The van der Waals surface area contributed by atoms with Crippen molar-refractivity contribution in [3.05, 3.63) is 0 Å². The van der Waals surface area contributed by atoms with Gasteiger partial charge in [-0.15, -0.1) is 0 Å². The van der Waals surface area contributed by atoms with Gasteiger partial charge in [0.25, 0.3) is 5.91 Å². The highest BCUT2D eigenvalue weighted by atomic mass is 16.5. The molecule has 20 heavy (non-hydrogen) atoms. The quantitative estimate of drug-likeness (QED) is 0.764. The molecule has 0 aromatic heterocycles. The molecule has 4 unspecified atom stereocenters. The van der Waals surface area contributed by atoms with Crippen molar-refractivity contribution < 1.29 is 19.4 Å². The molecule has 4 atom stereocenters. The van der Waals surface area contributed by atoms with Gasteiger partial charge in [0.05, 0.1) is 6.61 Å². The number of aliphatic hydroxyl groups is 1. The van der Waals surface area contributed by atoms with Crippen LogP contribution in [0.5, 0.6) is 0 Å². The van der Waals surface area contributed by atoms with Gasteiger partial charge >= 0.3 is 5.97 Å². The summed E-state index contributed by atoms with van der Waals surface area (Å²) in [5, 5.41) is 13.6. The van der Waals surface area contributed by atoms with Gasteiger partial charge in [0.1, 0.15) is 11.6 Å². The molecule has 5 heteroatoms. The summed E-state index contributed by atoms with van der Waals surface area (Å²) in [5.41, 5.74) is -1.37. The maximum atomic E-state index is 12.5. The summed E-state index contributed by atoms with van der Waals surface area (Å²) < 4.78 is 4.85. The summed E-state index contributed by atoms with van der Waals surface area (Å²) >= 11 is 0. The van der Waals surface area contributed by atoms with E-state index in [0.29, 0.717) is 25.4 Å². The number of hydrogen-bond donors (Lipinski definition) is 2. The predicted octanol–water partition coefficient (Wildman–Crippen LogP) is 1.24. The van der Waals surface area contributed by atoms with Crippen molar-refractivity contribution in [3.8, 4) is 0 Å². The lowest BCUT2D eigenvalue weighted by Crippen LogP contribution is -2.58. The number of nitrogens with one attached hydrogen (secondary N) is 1. The van der Waals surface area contributed by atoms with Crippen molar-refractivity contribution in [2.24, 2.45) is 17.8 Å². The molecule has 2 fully saturated rings. The van der Waals surface area contributed by atoms with Gasteiger partial charge < -0.3 is 15.2 Å². The third-order valence-electron chi connectivity index (χ3n) is 4.68. The maximum Gasteiger partial charge on any atom is 0.328 e. The number of carbonyl (C=O) groups excluding carboxylic acids is 2. The second-order valence-electron chi connectivity index (χ2n) is 6.64. The smallest absolute Gasteiger partial charge is 0.328 e. The van der Waals surface area contributed by atoms with Crippen LogP contribution in [-0.4, -0.2) is 35.2 Å². The topological polar surface area (TPSA) is 75.6 Å². The molecule has 1 aliphatic carbocycles. The first kappa shape index (κ1) is 15.3. The Hall–Kier alpha value is -1.10. The van der Waals surface area contributed by atoms with Gasteiger partial charge in [0.15, 0.2) is 0 Å². The zero-order valence-electron chi connectivity index (χ0n) is 12.5. The van der Waals surface area contributed by atoms with Crippen LogP contribution in [0.4, 0.5) is 0 Å². The Morgan fingerprint density at radius 1 is 1.40 bits per heavy atom. The van der Waals surface area contributed by atoms with E-state index in [4.69, 9.17) is 4.74 Å². The van der Waals surface area contributed by atoms with Crippen LogP contribution in [-0.2, 0) is 14.3 Å². The van der Waals surface area contributed by atoms with Crippen molar-refractivity contribution >= 4 is 11.9 Å². The Bertz CT molecular complexity index is 395. The van der Waals surface area contributed by atoms with Gasteiger partial charge in [-0.3, -0.25) is 4.79 Å². The standard InChI is InChI=1S/C15H25NO4/c1-9(2)11-5-4-10(3)8-15(11,19)14(18)16-12-6-7-20-13(12)17/h9-12,19H,4-8H2,1-3H3,(H,16,18). The fourth-order valence-corrected chi connectivity index (χ4v) is 3.54. The first-order valence-corrected chi connectivity index (χ1v) is 7.54. The van der Waals surface area contributed by atoms with Gasteiger partial charge in [-0.1, -0.05) is 27.2 Å². The number of amides is 1. The molecule has 0 spiro atoms. The summed E-state index contributed by atoms with van der Waals surface area (Å²) in [5.74, 6) is -0.320. The van der Waals surface area contributed by atoms with Crippen molar-refractivity contribution in [2.45, 2.75) is 58.1 Å². The van der Waals surface area contributed by atoms with Crippen molar-refractivity contribution in [2.75, 3.05) is 6.61 Å². The average Bonchev–Trinajstić information content (AvgIpc) is 2.74. The highest BCUT2D eigenvalue weighted by molar-refractivity contribution is 5.90. The fraction of sp³-hybridized carbons (Fsp3) is 0.867. The number of rotatable bonds is 3. The molecule has 0 radical (unpaired) electrons. The van der Waals surface area contributed by atoms with Gasteiger partial charge in [-0.2, -0.15) is 0 Å². The van der Waals surface area contributed by atoms with Gasteiger partial charge in [0.2, 0.25) is 0 Å². The lowest BCUT2D eigenvalue weighted by molar-refractivity contribution is -0.158. The average molecular weight is 283 g/mol. The minimum absolute atomic E-state index is 0.0591. The molecule has 2 aliphatic rings. The Morgan fingerprint density at radius 3 is 2.65 bits per heavy atom. The van der Waals surface area contributed by atoms with E-state index < -0.39 is 23.5 Å². The molecule has 1 saturated heterocycles. The number of ether oxygens (including phenoxy) is 1. The molecule has 2 rings (SSSR count). The number of hydrogen-bond acceptors (Lipinski definition) is 4. The van der Waals surface area contributed by atoms with E-state index in [-0.39, 0.29) is 11.8 Å². The van der Waals surface area contributed by atoms with Gasteiger partial charge in [-0.05, 0) is 30.6 Å². The Kier molecular flexibility index (Phi) is 4.37. The molecule has 1 saturated carbocycles. The van der Waals surface area contributed by atoms with Crippen molar-refractivity contribution in [1.29, 1.82) is 0 Å². The van der Waals surface area contributed by atoms with Crippen LogP contribution < -0.4 is 5.32 Å². The van der Waals surface area contributed by atoms with Gasteiger partial charge in [0, 0.05) is 6.42 Å². The predicted molar refractivity (Wildman–Crippen MR) is 73.8 cm³/mol. The summed E-state index contributed by atoms with van der Waals surface area (Å²) in [7, 11) is 0. The number of cyclic esters (lactones) is 1. The van der Waals surface area contributed by atoms with Crippen molar-refractivity contribution in [1.82, 2.24) is 5.32 Å². The minimum Gasteiger partial charge on any atom is -0.464 e. The second kappa shape index (κ2) is 5.72. The van der Waals surface area contributed by atoms with Crippen LogP contribution in [0, 0.1) is 17.8 Å². The van der Waals surface area contributed by atoms with Crippen LogP contribution in [0.1, 0.15) is 46.5 Å². The number of carbonyl (C=O) groups is 2. The van der Waals surface area contributed by atoms with E-state index in [1.165, 1.54) is 0 Å². The molecule has 0 aromatic rings. The zero-order chi connectivity index (χ0) is 14.9. The molecule has 114 valence electrons. The summed E-state index contributed by atoms with van der Waals surface area (Å²) in [4.78, 5) is 24.0. The van der Waals surface area contributed by atoms with E-state index in [9.17, 15) is 14.7 Å². The van der Waals surface area contributed by atoms with E-state index >= 15 is 0 Å². The Labute approximate surface area is 120 Å². The molecular weight excluding hydrogens is 258 g/mol. The monoisotopic (exact) mass is 283 g/mol. The highest BCUT2D eigenvalue weighted by Gasteiger charge is 2.49. The Balaban J connectivity index is 2.12. The summed E-state index contributed by atoms with van der Waals surface area (Å²) in [6.45, 7) is 6.45. The molecule has 0 aromatic carbocycles. The second-order valence-corrected chi connectivity index (χ2v) is 6.64. The maximum absolute atomic E-state index is 12.5. The third-order valence-corrected chi connectivity index (χ3v) is 4.68. The molecule has 1 aliphatic heterocycles. The first-order chi connectivity index (χ1) is 9.34. The van der Waals surface area contributed by atoms with Crippen LogP contribution in [0.2, 0.25) is 0 Å². The SMILES string of the molecule is CC1CCC(C(C)C)C(O)(C(=O)NC2CCOC2=O)C1. The lowest BCUT2D eigenvalue weighted by Gasteiger charge is -2.43. The normalized spacial score (nSPS) is 37.9. The van der Waals surface area contributed by atoms with Crippen LogP contribution in [0.25, 0.3) is 0 Å². The minimum atomic E-state index is -1.37. The third kappa shape index (κ3) is 2.82. The van der Waals surface area contributed by atoms with Crippen LogP contribution >= 0.6 is 0 Å². The lowest BCUT2D eigenvalue weighted by atomic mass is 9.66. The first-order valence-electron chi connectivity index (χ1n) is 7.54. The molecule has 5 nitrogen and oxygen atoms in total. The van der Waals surface area contributed by atoms with Gasteiger partial charge in [-0.25, -0.2) is 4.79 Å². The molecule has 1 amide bonds. The van der Waals surface area contributed by atoms with E-state index in [1.807, 2.05) is 13.8 Å². The van der Waals surface area contributed by atoms with E-state index in [0.717, 1.165) is 12.8 Å². The largest absolute Gasteiger partial charge is 0.464 e. The zero-order valence-corrected chi connectivity index (χ0v) is 12.5. The summed E-state index contributed by atoms with van der Waals surface area (Å²) in [6.07, 6.45) is 2.83. The molecule has 1 heterocycles. The molecule has 2 N–H and O–H groups in total. The van der Waals surface area contributed by atoms with Crippen LogP contribution in [0.3, 0.4) is 0 Å². The van der Waals surface area contributed by atoms with E-state index in [1.54, 1.807) is 0 Å². The molecule has 0 bridgehead atoms. The van der Waals surface area contributed by atoms with Crippen LogP contribution in [0.15, 0.2) is 0 Å². The highest BCUT2D eigenvalue weighted by Crippen LogP contribution is 2.41. The van der Waals surface area contributed by atoms with E-state index in [2.05, 4.69) is 12.2 Å². The summed E-state index contributed by atoms with van der Waals surface area (Å²) in [6, 6.07) is -0.600. The molecular formula is C15H25NO4. The van der Waals surface area contributed by atoms with Crippen molar-refractivity contribution in [3.63, 3.8) is 0 Å². The Morgan fingerprint density at radius 2 is 2.10 bits per heavy atom. The number of esters is 1. The fourth-order valence-electron chi connectivity index (χ4n) is 3.54.